The first-order valence-electron chi connectivity index (χ1n) is 4.42. The quantitative estimate of drug-likeness (QED) is 0.540. The molecule has 0 aromatic heterocycles. The molecule has 2 heteroatoms. The molecule has 1 heterocycles. The highest BCUT2D eigenvalue weighted by Gasteiger charge is 2.24. The first kappa shape index (κ1) is 8.57. The molecule has 0 saturated heterocycles. The molecule has 1 unspecified atom stereocenters. The van der Waals surface area contributed by atoms with E-state index in [1.165, 1.54) is 13.1 Å². The first-order chi connectivity index (χ1) is 5.11. The summed E-state index contributed by atoms with van der Waals surface area (Å²) in [4.78, 5) is 2.42. The van der Waals surface area contributed by atoms with Crippen LogP contribution in [0.4, 0.5) is 0 Å². The van der Waals surface area contributed by atoms with Gasteiger partial charge in [-0.05, 0) is 12.8 Å². The van der Waals surface area contributed by atoms with Gasteiger partial charge in [0.2, 0.25) is 6.34 Å². The minimum atomic E-state index is 0.681. The highest BCUT2D eigenvalue weighted by Crippen LogP contribution is 2.09. The molecule has 0 amide bonds. The van der Waals surface area contributed by atoms with Gasteiger partial charge in [0.25, 0.3) is 0 Å². The van der Waals surface area contributed by atoms with E-state index in [0.717, 1.165) is 5.92 Å². The Morgan fingerprint density at radius 3 is 2.36 bits per heavy atom. The second-order valence-corrected chi connectivity index (χ2v) is 3.82. The SMILES string of the molecule is CC(C)C(C)N1C=[N+](C)CC1. The van der Waals surface area contributed by atoms with Crippen LogP contribution in [0.25, 0.3) is 0 Å². The van der Waals surface area contributed by atoms with E-state index in [0.29, 0.717) is 6.04 Å². The van der Waals surface area contributed by atoms with E-state index >= 15 is 0 Å². The Balaban J connectivity index is 2.49. The van der Waals surface area contributed by atoms with Crippen molar-refractivity contribution in [1.29, 1.82) is 0 Å². The van der Waals surface area contributed by atoms with Crippen molar-refractivity contribution in [2.45, 2.75) is 26.8 Å². The van der Waals surface area contributed by atoms with Crippen LogP contribution >= 0.6 is 0 Å². The van der Waals surface area contributed by atoms with E-state index in [-0.39, 0.29) is 0 Å². The summed E-state index contributed by atoms with van der Waals surface area (Å²) in [6, 6.07) is 0.681. The Hall–Kier alpha value is -0.530. The molecule has 1 aliphatic heterocycles. The average Bonchev–Trinajstić information content (AvgIpc) is 2.34. The molecule has 0 fully saturated rings. The maximum atomic E-state index is 2.42. The van der Waals surface area contributed by atoms with E-state index in [2.05, 4.69) is 43.6 Å². The minimum absolute atomic E-state index is 0.681. The van der Waals surface area contributed by atoms with Crippen LogP contribution in [0.1, 0.15) is 20.8 Å². The van der Waals surface area contributed by atoms with Gasteiger partial charge in [-0.1, -0.05) is 13.8 Å². The average molecular weight is 155 g/mol. The van der Waals surface area contributed by atoms with Crippen molar-refractivity contribution in [2.24, 2.45) is 5.92 Å². The number of nitrogens with zero attached hydrogens (tertiary/aromatic N) is 2. The molecule has 11 heavy (non-hydrogen) atoms. The highest BCUT2D eigenvalue weighted by atomic mass is 15.3. The van der Waals surface area contributed by atoms with Crippen molar-refractivity contribution in [1.82, 2.24) is 4.90 Å². The van der Waals surface area contributed by atoms with Crippen molar-refractivity contribution in [3.8, 4) is 0 Å². The fraction of sp³-hybridized carbons (Fsp3) is 0.889. The van der Waals surface area contributed by atoms with Crippen LogP contribution in [-0.2, 0) is 0 Å². The van der Waals surface area contributed by atoms with Crippen molar-refractivity contribution >= 4 is 6.34 Å². The lowest BCUT2D eigenvalue weighted by Crippen LogP contribution is -2.34. The van der Waals surface area contributed by atoms with Gasteiger partial charge in [0.1, 0.15) is 13.1 Å². The van der Waals surface area contributed by atoms with Crippen LogP contribution in [-0.4, -0.2) is 42.0 Å². The predicted molar refractivity (Wildman–Crippen MR) is 48.1 cm³/mol. The summed E-state index contributed by atoms with van der Waals surface area (Å²) in [5.41, 5.74) is 0. The third kappa shape index (κ3) is 1.95. The lowest BCUT2D eigenvalue weighted by molar-refractivity contribution is -0.482. The normalized spacial score (nSPS) is 20.8. The summed E-state index contributed by atoms with van der Waals surface area (Å²) in [5, 5.41) is 0. The summed E-state index contributed by atoms with van der Waals surface area (Å²) >= 11 is 0. The summed E-state index contributed by atoms with van der Waals surface area (Å²) in [6.07, 6.45) is 2.23. The summed E-state index contributed by atoms with van der Waals surface area (Å²) in [6.45, 7) is 9.21. The van der Waals surface area contributed by atoms with E-state index in [1.54, 1.807) is 0 Å². The second kappa shape index (κ2) is 3.24. The molecule has 0 bridgehead atoms. The van der Waals surface area contributed by atoms with Gasteiger partial charge in [0, 0.05) is 0 Å². The molecule has 0 N–H and O–H groups in total. The fourth-order valence-corrected chi connectivity index (χ4v) is 1.33. The van der Waals surface area contributed by atoms with Crippen molar-refractivity contribution in [2.75, 3.05) is 20.1 Å². The standard InChI is InChI=1S/C9H19N2/c1-8(2)9(3)11-6-5-10(4)7-11/h7-9H,5-6H2,1-4H3/q+1. The fourth-order valence-electron chi connectivity index (χ4n) is 1.33. The zero-order chi connectivity index (χ0) is 8.43. The maximum Gasteiger partial charge on any atom is 0.234 e. The zero-order valence-corrected chi connectivity index (χ0v) is 8.04. The topological polar surface area (TPSA) is 6.25 Å². The third-order valence-corrected chi connectivity index (χ3v) is 2.54. The molecule has 0 aromatic rings. The highest BCUT2D eigenvalue weighted by molar-refractivity contribution is 5.50. The molecule has 0 aromatic carbocycles. The van der Waals surface area contributed by atoms with Gasteiger partial charge in [-0.3, -0.25) is 9.48 Å². The molecule has 64 valence electrons. The Labute approximate surface area is 69.5 Å². The molecule has 0 radical (unpaired) electrons. The monoisotopic (exact) mass is 155 g/mol. The van der Waals surface area contributed by atoms with E-state index in [1.807, 2.05) is 0 Å². The van der Waals surface area contributed by atoms with Gasteiger partial charge in [0.15, 0.2) is 0 Å². The Morgan fingerprint density at radius 2 is 2.00 bits per heavy atom. The summed E-state index contributed by atoms with van der Waals surface area (Å²) < 4.78 is 2.25. The molecule has 1 atom stereocenters. The molecular weight excluding hydrogens is 136 g/mol. The van der Waals surface area contributed by atoms with Crippen molar-refractivity contribution in [3.05, 3.63) is 0 Å². The molecule has 0 aliphatic carbocycles. The van der Waals surface area contributed by atoms with E-state index in [4.69, 9.17) is 0 Å². The third-order valence-electron chi connectivity index (χ3n) is 2.54. The molecular formula is C9H19N2+. The van der Waals surface area contributed by atoms with E-state index in [9.17, 15) is 0 Å². The number of hydrogen-bond acceptors (Lipinski definition) is 1. The molecule has 0 spiro atoms. The van der Waals surface area contributed by atoms with Crippen LogP contribution in [0.5, 0.6) is 0 Å². The number of rotatable bonds is 2. The van der Waals surface area contributed by atoms with Gasteiger partial charge in [-0.2, -0.15) is 0 Å². The van der Waals surface area contributed by atoms with Crippen LogP contribution in [0.3, 0.4) is 0 Å². The predicted octanol–water partition coefficient (Wildman–Crippen LogP) is 1.02. The minimum Gasteiger partial charge on any atom is -0.267 e. The maximum absolute atomic E-state index is 2.42. The van der Waals surface area contributed by atoms with Crippen LogP contribution < -0.4 is 0 Å². The van der Waals surface area contributed by atoms with Gasteiger partial charge in [0.05, 0.1) is 13.1 Å². The molecule has 0 saturated carbocycles. The smallest absolute Gasteiger partial charge is 0.234 e. The van der Waals surface area contributed by atoms with Crippen LogP contribution in [0.2, 0.25) is 0 Å². The summed E-state index contributed by atoms with van der Waals surface area (Å²) in [7, 11) is 2.13. The van der Waals surface area contributed by atoms with E-state index < -0.39 is 0 Å². The lowest BCUT2D eigenvalue weighted by Gasteiger charge is -2.19. The van der Waals surface area contributed by atoms with Gasteiger partial charge >= 0.3 is 0 Å². The first-order valence-corrected chi connectivity index (χ1v) is 4.42. The lowest BCUT2D eigenvalue weighted by atomic mass is 10.1. The Bertz CT molecular complexity index is 161. The Morgan fingerprint density at radius 1 is 1.36 bits per heavy atom. The Kier molecular flexibility index (Phi) is 2.53. The molecule has 1 aliphatic rings. The molecule has 2 nitrogen and oxygen atoms in total. The van der Waals surface area contributed by atoms with Gasteiger partial charge in [-0.25, -0.2) is 0 Å². The second-order valence-electron chi connectivity index (χ2n) is 3.82. The van der Waals surface area contributed by atoms with Gasteiger partial charge < -0.3 is 0 Å². The largest absolute Gasteiger partial charge is 0.267 e. The van der Waals surface area contributed by atoms with Crippen LogP contribution in [0, 0.1) is 5.92 Å². The zero-order valence-electron chi connectivity index (χ0n) is 8.04. The van der Waals surface area contributed by atoms with Gasteiger partial charge in [-0.15, -0.1) is 0 Å². The molecule has 1 rings (SSSR count). The van der Waals surface area contributed by atoms with Crippen LogP contribution in [0.15, 0.2) is 0 Å². The summed E-state index contributed by atoms with van der Waals surface area (Å²) in [5.74, 6) is 0.748. The van der Waals surface area contributed by atoms with Crippen molar-refractivity contribution in [3.63, 3.8) is 0 Å². The van der Waals surface area contributed by atoms with Crippen molar-refractivity contribution < 1.29 is 4.58 Å². The number of hydrogen-bond donors (Lipinski definition) is 0. The number of likely N-dealkylation sites (N-methyl/N-ethyl adjacent to an activating group) is 1.